The van der Waals surface area contributed by atoms with E-state index in [9.17, 15) is 9.59 Å². The Hall–Kier alpha value is -1.10. The Morgan fingerprint density at radius 3 is 2.44 bits per heavy atom. The summed E-state index contributed by atoms with van der Waals surface area (Å²) < 4.78 is 4.75. The highest BCUT2D eigenvalue weighted by Gasteiger charge is 2.43. The van der Waals surface area contributed by atoms with Gasteiger partial charge in [-0.2, -0.15) is 0 Å². The molecular formula is C13H24N2O3. The molecule has 0 aromatic carbocycles. The number of methoxy groups -OCH3 is 1. The summed E-state index contributed by atoms with van der Waals surface area (Å²) >= 11 is 0. The molecule has 1 saturated carbocycles. The van der Waals surface area contributed by atoms with Gasteiger partial charge in [0.2, 0.25) is 5.91 Å². The van der Waals surface area contributed by atoms with Crippen molar-refractivity contribution in [2.24, 2.45) is 11.3 Å². The third-order valence-corrected chi connectivity index (χ3v) is 3.77. The summed E-state index contributed by atoms with van der Waals surface area (Å²) in [6, 6.07) is 0. The van der Waals surface area contributed by atoms with Gasteiger partial charge in [0.15, 0.2) is 0 Å². The molecule has 104 valence electrons. The van der Waals surface area contributed by atoms with Gasteiger partial charge < -0.3 is 15.4 Å². The summed E-state index contributed by atoms with van der Waals surface area (Å²) in [7, 11) is 3.18. The number of ether oxygens (including phenoxy) is 1. The monoisotopic (exact) mass is 256 g/mol. The molecule has 0 aromatic heterocycles. The summed E-state index contributed by atoms with van der Waals surface area (Å²) in [4.78, 5) is 23.8. The fourth-order valence-corrected chi connectivity index (χ4v) is 2.80. The lowest BCUT2D eigenvalue weighted by molar-refractivity contribution is -0.147. The summed E-state index contributed by atoms with van der Waals surface area (Å²) in [6.07, 6.45) is 4.42. The minimum absolute atomic E-state index is 0.0603. The van der Waals surface area contributed by atoms with Crippen molar-refractivity contribution in [2.75, 3.05) is 20.8 Å². The van der Waals surface area contributed by atoms with Crippen LogP contribution in [0, 0.1) is 11.3 Å². The molecule has 1 aliphatic carbocycles. The number of carbonyl (C=O) groups excluding carboxylic acids is 2. The van der Waals surface area contributed by atoms with E-state index in [2.05, 4.69) is 10.6 Å². The van der Waals surface area contributed by atoms with Crippen molar-refractivity contribution >= 4 is 11.9 Å². The van der Waals surface area contributed by atoms with Gasteiger partial charge in [0.05, 0.1) is 25.1 Å². The highest BCUT2D eigenvalue weighted by Crippen LogP contribution is 2.43. The van der Waals surface area contributed by atoms with Gasteiger partial charge in [-0.1, -0.05) is 19.8 Å². The van der Waals surface area contributed by atoms with Crippen molar-refractivity contribution in [3.8, 4) is 0 Å². The van der Waals surface area contributed by atoms with Crippen molar-refractivity contribution in [1.29, 1.82) is 0 Å². The zero-order valence-corrected chi connectivity index (χ0v) is 11.5. The van der Waals surface area contributed by atoms with Crippen LogP contribution in [0.3, 0.4) is 0 Å². The first-order valence-electron chi connectivity index (χ1n) is 6.56. The lowest BCUT2D eigenvalue weighted by atomic mass is 9.77. The van der Waals surface area contributed by atoms with Crippen LogP contribution in [-0.2, 0) is 14.3 Å². The van der Waals surface area contributed by atoms with Crippen molar-refractivity contribution < 1.29 is 14.3 Å². The van der Waals surface area contributed by atoms with Gasteiger partial charge in [-0.25, -0.2) is 0 Å². The van der Waals surface area contributed by atoms with Gasteiger partial charge in [0, 0.05) is 0 Å². The minimum Gasteiger partial charge on any atom is -0.469 e. The number of rotatable bonds is 6. The van der Waals surface area contributed by atoms with Crippen LogP contribution in [0.1, 0.15) is 39.0 Å². The zero-order valence-electron chi connectivity index (χ0n) is 11.5. The SMILES string of the molecule is CNCNC(=O)C1(CC(C)C(=O)OC)CCCC1. The van der Waals surface area contributed by atoms with Crippen LogP contribution in [0.15, 0.2) is 0 Å². The molecule has 18 heavy (non-hydrogen) atoms. The third-order valence-electron chi connectivity index (χ3n) is 3.77. The van der Waals surface area contributed by atoms with E-state index in [0.717, 1.165) is 25.7 Å². The summed E-state index contributed by atoms with van der Waals surface area (Å²) in [5, 5.41) is 5.78. The second-order valence-electron chi connectivity index (χ2n) is 5.15. The quantitative estimate of drug-likeness (QED) is 0.550. The van der Waals surface area contributed by atoms with E-state index in [4.69, 9.17) is 4.74 Å². The standard InChI is InChI=1S/C13H24N2O3/c1-10(11(16)18-3)8-13(6-4-5-7-13)12(17)15-9-14-2/h10,14H,4-9H2,1-3H3,(H,15,17). The minimum atomic E-state index is -0.384. The maximum Gasteiger partial charge on any atom is 0.308 e. The molecule has 2 N–H and O–H groups in total. The molecule has 1 amide bonds. The van der Waals surface area contributed by atoms with Crippen LogP contribution in [0.5, 0.6) is 0 Å². The first-order valence-corrected chi connectivity index (χ1v) is 6.56. The molecule has 5 nitrogen and oxygen atoms in total. The molecule has 1 fully saturated rings. The van der Waals surface area contributed by atoms with Crippen molar-refractivity contribution in [2.45, 2.75) is 39.0 Å². The molecule has 0 aliphatic heterocycles. The molecule has 0 aromatic rings. The Bertz CT molecular complexity index is 299. The zero-order chi connectivity index (χ0) is 13.6. The van der Waals surface area contributed by atoms with E-state index >= 15 is 0 Å². The maximum absolute atomic E-state index is 12.3. The summed E-state index contributed by atoms with van der Waals surface area (Å²) in [6.45, 7) is 2.30. The number of esters is 1. The molecule has 1 atom stereocenters. The van der Waals surface area contributed by atoms with Crippen molar-refractivity contribution in [3.63, 3.8) is 0 Å². The normalized spacial score (nSPS) is 19.3. The Labute approximate surface area is 109 Å². The smallest absolute Gasteiger partial charge is 0.308 e. The predicted octanol–water partition coefficient (Wildman–Crippen LogP) is 1.04. The van der Waals surface area contributed by atoms with Crippen LogP contribution >= 0.6 is 0 Å². The molecule has 0 heterocycles. The predicted molar refractivity (Wildman–Crippen MR) is 68.8 cm³/mol. The molecule has 0 bridgehead atoms. The van der Waals surface area contributed by atoms with E-state index in [1.807, 2.05) is 6.92 Å². The first kappa shape index (κ1) is 15.0. The number of hydrogen-bond acceptors (Lipinski definition) is 4. The summed E-state index contributed by atoms with van der Waals surface area (Å²) in [5.74, 6) is -0.402. The average molecular weight is 256 g/mol. The highest BCUT2D eigenvalue weighted by atomic mass is 16.5. The number of amides is 1. The summed E-state index contributed by atoms with van der Waals surface area (Å²) in [5.41, 5.74) is -0.384. The molecule has 0 radical (unpaired) electrons. The molecular weight excluding hydrogens is 232 g/mol. The second kappa shape index (κ2) is 6.73. The third kappa shape index (κ3) is 3.45. The molecule has 5 heteroatoms. The lowest BCUT2D eigenvalue weighted by Crippen LogP contribution is -2.44. The highest BCUT2D eigenvalue weighted by molar-refractivity contribution is 5.84. The van der Waals surface area contributed by atoms with Crippen LogP contribution in [0.25, 0.3) is 0 Å². The number of carbonyl (C=O) groups is 2. The number of nitrogens with one attached hydrogen (secondary N) is 2. The molecule has 1 unspecified atom stereocenters. The van der Waals surface area contributed by atoms with E-state index in [1.165, 1.54) is 7.11 Å². The van der Waals surface area contributed by atoms with Gasteiger partial charge in [0.25, 0.3) is 0 Å². The molecule has 1 rings (SSSR count). The van der Waals surface area contributed by atoms with Crippen LogP contribution in [0.2, 0.25) is 0 Å². The molecule has 0 spiro atoms. The molecule has 1 aliphatic rings. The Balaban J connectivity index is 2.68. The van der Waals surface area contributed by atoms with E-state index in [1.54, 1.807) is 7.05 Å². The lowest BCUT2D eigenvalue weighted by Gasteiger charge is -2.29. The van der Waals surface area contributed by atoms with Gasteiger partial charge in [0.1, 0.15) is 0 Å². The Kier molecular flexibility index (Phi) is 5.59. The van der Waals surface area contributed by atoms with Crippen LogP contribution in [0.4, 0.5) is 0 Å². The Morgan fingerprint density at radius 1 is 1.33 bits per heavy atom. The van der Waals surface area contributed by atoms with E-state index < -0.39 is 0 Å². The van der Waals surface area contributed by atoms with Gasteiger partial charge >= 0.3 is 5.97 Å². The fourth-order valence-electron chi connectivity index (χ4n) is 2.80. The van der Waals surface area contributed by atoms with Crippen LogP contribution < -0.4 is 10.6 Å². The average Bonchev–Trinajstić information content (AvgIpc) is 2.84. The van der Waals surface area contributed by atoms with Gasteiger partial charge in [-0.3, -0.25) is 9.59 Å². The second-order valence-corrected chi connectivity index (χ2v) is 5.15. The fraction of sp³-hybridized carbons (Fsp3) is 0.846. The first-order chi connectivity index (χ1) is 8.55. The maximum atomic E-state index is 12.3. The van der Waals surface area contributed by atoms with Crippen molar-refractivity contribution in [3.05, 3.63) is 0 Å². The van der Waals surface area contributed by atoms with E-state index in [0.29, 0.717) is 13.1 Å². The molecule has 0 saturated heterocycles. The Morgan fingerprint density at radius 2 is 1.94 bits per heavy atom. The van der Waals surface area contributed by atoms with E-state index in [-0.39, 0.29) is 23.2 Å². The van der Waals surface area contributed by atoms with Gasteiger partial charge in [-0.15, -0.1) is 0 Å². The number of hydrogen-bond donors (Lipinski definition) is 2. The van der Waals surface area contributed by atoms with Crippen molar-refractivity contribution in [1.82, 2.24) is 10.6 Å². The van der Waals surface area contributed by atoms with Gasteiger partial charge in [-0.05, 0) is 26.3 Å². The largest absolute Gasteiger partial charge is 0.469 e. The van der Waals surface area contributed by atoms with Crippen LogP contribution in [-0.4, -0.2) is 32.7 Å². The topological polar surface area (TPSA) is 67.4 Å².